The number of hydrogen-bond donors (Lipinski definition) is 1. The average molecular weight is 344 g/mol. The molecule has 0 unspecified atom stereocenters. The molecule has 0 saturated heterocycles. The smallest absolute Gasteiger partial charge is 0.168 e. The minimum absolute atomic E-state index is 0.0446. The molecule has 1 heterocycles. The van der Waals surface area contributed by atoms with Crippen molar-refractivity contribution in [3.8, 4) is 0 Å². The predicted molar refractivity (Wildman–Crippen MR) is 93.2 cm³/mol. The van der Waals surface area contributed by atoms with Crippen molar-refractivity contribution < 1.29 is 19.2 Å². The van der Waals surface area contributed by atoms with Crippen LogP contribution in [0, 0.1) is 0 Å². The molecule has 1 aromatic heterocycles. The Labute approximate surface area is 147 Å². The summed E-state index contributed by atoms with van der Waals surface area (Å²) in [6, 6.07) is 0. The van der Waals surface area contributed by atoms with E-state index in [2.05, 4.69) is 10.1 Å². The number of fused-ring (bicyclic) bond motifs is 1. The quantitative estimate of drug-likeness (QED) is 0.651. The number of carbonyl (C=O) groups is 2. The highest BCUT2D eigenvalue weighted by molar-refractivity contribution is 6.24. The summed E-state index contributed by atoms with van der Waals surface area (Å²) in [6.45, 7) is 2.69. The molecule has 0 atom stereocenters. The third-order valence-electron chi connectivity index (χ3n) is 4.72. The lowest BCUT2D eigenvalue weighted by Gasteiger charge is -2.18. The number of Topliss-reactive ketones (excluding diaryl/α,β-unsaturated/α-hetero) is 2. The molecule has 25 heavy (non-hydrogen) atoms. The van der Waals surface area contributed by atoms with Gasteiger partial charge in [0.05, 0.1) is 16.8 Å². The van der Waals surface area contributed by atoms with Crippen molar-refractivity contribution in [2.24, 2.45) is 4.99 Å². The van der Waals surface area contributed by atoms with Gasteiger partial charge in [0.15, 0.2) is 11.6 Å². The van der Waals surface area contributed by atoms with E-state index in [4.69, 9.17) is 4.52 Å². The number of ketones is 2. The number of aliphatic imine (C=N–C) groups is 1. The Morgan fingerprint density at radius 2 is 1.92 bits per heavy atom. The van der Waals surface area contributed by atoms with Gasteiger partial charge in [-0.05, 0) is 25.7 Å². The molecule has 0 amide bonds. The molecule has 0 spiro atoms. The monoisotopic (exact) mass is 344 g/mol. The zero-order chi connectivity index (χ0) is 17.8. The lowest BCUT2D eigenvalue weighted by atomic mass is 9.89. The number of hydrogen-bond acceptors (Lipinski definition) is 6. The van der Waals surface area contributed by atoms with Gasteiger partial charge in [0.25, 0.3) is 0 Å². The first-order valence-corrected chi connectivity index (χ1v) is 9.11. The molecular weight excluding hydrogens is 320 g/mol. The molecule has 1 aromatic rings. The van der Waals surface area contributed by atoms with Crippen molar-refractivity contribution in [1.82, 2.24) is 5.16 Å². The molecule has 6 nitrogen and oxygen atoms in total. The van der Waals surface area contributed by atoms with Gasteiger partial charge in [0.2, 0.25) is 0 Å². The van der Waals surface area contributed by atoms with E-state index in [0.717, 1.165) is 32.1 Å². The van der Waals surface area contributed by atoms with Crippen molar-refractivity contribution in [2.75, 3.05) is 6.54 Å². The number of aryl methyl sites for hydroxylation is 2. The van der Waals surface area contributed by atoms with E-state index in [1.165, 1.54) is 0 Å². The lowest BCUT2D eigenvalue weighted by Crippen LogP contribution is -2.22. The number of carbonyl (C=O) groups excluding carboxylic acids is 2. The van der Waals surface area contributed by atoms with Gasteiger partial charge in [-0.25, -0.2) is 0 Å². The fourth-order valence-electron chi connectivity index (χ4n) is 3.48. The lowest BCUT2D eigenvalue weighted by molar-refractivity contribution is -0.115. The Bertz CT molecular complexity index is 743. The second kappa shape index (κ2) is 7.76. The largest absolute Gasteiger partial charge is 0.511 e. The van der Waals surface area contributed by atoms with E-state index in [1.54, 1.807) is 0 Å². The van der Waals surface area contributed by atoms with Crippen LogP contribution >= 0.6 is 0 Å². The molecule has 2 aliphatic carbocycles. The van der Waals surface area contributed by atoms with Gasteiger partial charge in [0.1, 0.15) is 11.5 Å². The summed E-state index contributed by atoms with van der Waals surface area (Å²) < 4.78 is 5.27. The van der Waals surface area contributed by atoms with Crippen LogP contribution in [0.3, 0.4) is 0 Å². The number of allylic oxidation sites excluding steroid dienone is 2. The maximum atomic E-state index is 12.3. The summed E-state index contributed by atoms with van der Waals surface area (Å²) in [7, 11) is 0. The molecule has 2 aliphatic rings. The standard InChI is InChI=1S/C19H24N2O4/c1-2-11-20-12-5-3-6-14(22)18(12)16(24)10-9-13-19-15(23)7-4-8-17(19)25-21-13/h24H,2-11H2,1H3/b18-16+,20-12?. The molecule has 1 fully saturated rings. The van der Waals surface area contributed by atoms with Crippen LogP contribution in [-0.4, -0.2) is 34.1 Å². The zero-order valence-electron chi connectivity index (χ0n) is 14.6. The third kappa shape index (κ3) is 3.72. The Balaban J connectivity index is 1.79. The van der Waals surface area contributed by atoms with Gasteiger partial charge in [-0.3, -0.25) is 14.6 Å². The van der Waals surface area contributed by atoms with Crippen molar-refractivity contribution >= 4 is 17.3 Å². The minimum atomic E-state index is -0.0446. The SMILES string of the molecule is CCCN=C1CCCC(=O)/C1=C(/O)CCc1noc2c1C(=O)CCC2. The molecule has 1 saturated carbocycles. The number of aliphatic hydroxyl groups is 1. The second-order valence-corrected chi connectivity index (χ2v) is 6.63. The van der Waals surface area contributed by atoms with Crippen molar-refractivity contribution in [1.29, 1.82) is 0 Å². The fourth-order valence-corrected chi connectivity index (χ4v) is 3.48. The van der Waals surface area contributed by atoms with Gasteiger partial charge >= 0.3 is 0 Å². The third-order valence-corrected chi connectivity index (χ3v) is 4.72. The zero-order valence-corrected chi connectivity index (χ0v) is 14.6. The summed E-state index contributed by atoms with van der Waals surface area (Å²) in [5.74, 6) is 0.720. The van der Waals surface area contributed by atoms with E-state index in [1.807, 2.05) is 6.92 Å². The first-order valence-electron chi connectivity index (χ1n) is 9.11. The van der Waals surface area contributed by atoms with Crippen LogP contribution in [0.15, 0.2) is 20.8 Å². The first-order chi connectivity index (χ1) is 12.1. The number of aromatic nitrogens is 1. The summed E-state index contributed by atoms with van der Waals surface area (Å²) >= 11 is 0. The van der Waals surface area contributed by atoms with E-state index < -0.39 is 0 Å². The number of rotatable bonds is 5. The first kappa shape index (κ1) is 17.6. The van der Waals surface area contributed by atoms with Crippen LogP contribution in [0.5, 0.6) is 0 Å². The summed E-state index contributed by atoms with van der Waals surface area (Å²) in [5, 5.41) is 14.5. The normalized spacial score (nSPS) is 21.6. The van der Waals surface area contributed by atoms with Gasteiger partial charge in [-0.1, -0.05) is 12.1 Å². The molecule has 0 aliphatic heterocycles. The van der Waals surface area contributed by atoms with Gasteiger partial charge in [0, 0.05) is 44.4 Å². The molecule has 0 aromatic carbocycles. The summed E-state index contributed by atoms with van der Waals surface area (Å²) in [6.07, 6.45) is 5.54. The number of aliphatic hydroxyl groups excluding tert-OH is 1. The minimum Gasteiger partial charge on any atom is -0.511 e. The second-order valence-electron chi connectivity index (χ2n) is 6.63. The molecule has 0 radical (unpaired) electrons. The van der Waals surface area contributed by atoms with Crippen LogP contribution in [0.25, 0.3) is 0 Å². The van der Waals surface area contributed by atoms with Crippen LogP contribution in [-0.2, 0) is 17.6 Å². The molecule has 0 bridgehead atoms. The van der Waals surface area contributed by atoms with Crippen molar-refractivity contribution in [3.05, 3.63) is 28.3 Å². The Morgan fingerprint density at radius 1 is 1.16 bits per heavy atom. The van der Waals surface area contributed by atoms with Gasteiger partial charge in [-0.2, -0.15) is 0 Å². The van der Waals surface area contributed by atoms with Crippen molar-refractivity contribution in [3.63, 3.8) is 0 Å². The van der Waals surface area contributed by atoms with Crippen LogP contribution in [0.4, 0.5) is 0 Å². The molecule has 1 N–H and O–H groups in total. The van der Waals surface area contributed by atoms with E-state index >= 15 is 0 Å². The van der Waals surface area contributed by atoms with Gasteiger partial charge in [-0.15, -0.1) is 0 Å². The van der Waals surface area contributed by atoms with E-state index in [-0.39, 0.29) is 23.7 Å². The van der Waals surface area contributed by atoms with Crippen LogP contribution in [0.1, 0.15) is 73.7 Å². The Morgan fingerprint density at radius 3 is 2.72 bits per heavy atom. The average Bonchev–Trinajstić information content (AvgIpc) is 3.02. The molecular formula is C19H24N2O4. The van der Waals surface area contributed by atoms with Crippen molar-refractivity contribution in [2.45, 2.75) is 64.7 Å². The van der Waals surface area contributed by atoms with Crippen LogP contribution in [0.2, 0.25) is 0 Å². The highest BCUT2D eigenvalue weighted by Gasteiger charge is 2.28. The maximum absolute atomic E-state index is 12.3. The van der Waals surface area contributed by atoms with E-state index in [0.29, 0.717) is 54.1 Å². The molecule has 134 valence electrons. The Kier molecular flexibility index (Phi) is 5.46. The highest BCUT2D eigenvalue weighted by atomic mass is 16.5. The topological polar surface area (TPSA) is 92.8 Å². The number of nitrogens with zero attached hydrogens (tertiary/aromatic N) is 2. The molecule has 3 rings (SSSR count). The predicted octanol–water partition coefficient (Wildman–Crippen LogP) is 3.54. The maximum Gasteiger partial charge on any atom is 0.168 e. The Hall–Kier alpha value is -2.24. The van der Waals surface area contributed by atoms with E-state index in [9.17, 15) is 14.7 Å². The molecule has 6 heteroatoms. The highest BCUT2D eigenvalue weighted by Crippen LogP contribution is 2.27. The van der Waals surface area contributed by atoms with Gasteiger partial charge < -0.3 is 9.63 Å². The summed E-state index contributed by atoms with van der Waals surface area (Å²) in [5.41, 5.74) is 2.26. The summed E-state index contributed by atoms with van der Waals surface area (Å²) in [4.78, 5) is 28.8. The van der Waals surface area contributed by atoms with Crippen LogP contribution < -0.4 is 0 Å². The fraction of sp³-hybridized carbons (Fsp3) is 0.579.